The molecule has 0 aliphatic carbocycles. The summed E-state index contributed by atoms with van der Waals surface area (Å²) < 4.78 is 17.0. The van der Waals surface area contributed by atoms with Crippen molar-refractivity contribution in [1.82, 2.24) is 10.3 Å². The van der Waals surface area contributed by atoms with Crippen LogP contribution in [-0.4, -0.2) is 30.9 Å². The van der Waals surface area contributed by atoms with Crippen LogP contribution in [0.25, 0.3) is 10.9 Å². The fourth-order valence-corrected chi connectivity index (χ4v) is 4.26. The molecule has 5 rings (SSSR count). The van der Waals surface area contributed by atoms with E-state index in [9.17, 15) is 4.79 Å². The molecule has 0 saturated carbocycles. The predicted molar refractivity (Wildman–Crippen MR) is 103 cm³/mol. The number of halogens is 1. The van der Waals surface area contributed by atoms with Gasteiger partial charge in [0.05, 0.1) is 13.2 Å². The van der Waals surface area contributed by atoms with E-state index in [4.69, 9.17) is 14.2 Å². The zero-order valence-corrected chi connectivity index (χ0v) is 16.1. The number of fused-ring (bicyclic) bond motifs is 4. The maximum Gasteiger partial charge on any atom is 0.323 e. The van der Waals surface area contributed by atoms with Crippen LogP contribution in [0.5, 0.6) is 11.5 Å². The highest BCUT2D eigenvalue weighted by Gasteiger charge is 2.35. The van der Waals surface area contributed by atoms with Crippen molar-refractivity contribution < 1.29 is 19.0 Å². The van der Waals surface area contributed by atoms with E-state index < -0.39 is 6.04 Å². The number of esters is 1. The highest BCUT2D eigenvalue weighted by molar-refractivity contribution is 9.10. The molecule has 1 aromatic heterocycles. The first-order chi connectivity index (χ1) is 13.1. The van der Waals surface area contributed by atoms with Crippen molar-refractivity contribution in [2.75, 3.05) is 13.9 Å². The largest absolute Gasteiger partial charge is 0.468 e. The average Bonchev–Trinajstić information content (AvgIpc) is 3.30. The number of methoxy groups -OCH3 is 1. The van der Waals surface area contributed by atoms with E-state index in [1.165, 1.54) is 7.11 Å². The second kappa shape index (κ2) is 6.28. The van der Waals surface area contributed by atoms with E-state index in [-0.39, 0.29) is 18.8 Å². The van der Waals surface area contributed by atoms with Crippen LogP contribution in [0.1, 0.15) is 22.9 Å². The first-order valence-electron chi connectivity index (χ1n) is 8.67. The first kappa shape index (κ1) is 16.6. The lowest BCUT2D eigenvalue weighted by Gasteiger charge is -2.30. The maximum absolute atomic E-state index is 12.3. The van der Waals surface area contributed by atoms with Crippen molar-refractivity contribution in [2.24, 2.45) is 0 Å². The van der Waals surface area contributed by atoms with Crippen molar-refractivity contribution in [3.05, 3.63) is 57.7 Å². The third-order valence-corrected chi connectivity index (χ3v) is 5.67. The van der Waals surface area contributed by atoms with Crippen molar-refractivity contribution in [2.45, 2.75) is 18.5 Å². The molecule has 3 aromatic rings. The zero-order valence-electron chi connectivity index (χ0n) is 14.5. The molecule has 0 radical (unpaired) electrons. The Kier molecular flexibility index (Phi) is 3.87. The number of nitrogens with one attached hydrogen (secondary N) is 2. The van der Waals surface area contributed by atoms with E-state index >= 15 is 0 Å². The predicted octanol–water partition coefficient (Wildman–Crippen LogP) is 3.44. The van der Waals surface area contributed by atoms with Gasteiger partial charge in [0, 0.05) is 27.5 Å². The summed E-state index contributed by atoms with van der Waals surface area (Å²) in [6, 6.07) is 11.4. The Morgan fingerprint density at radius 1 is 1.19 bits per heavy atom. The van der Waals surface area contributed by atoms with Gasteiger partial charge >= 0.3 is 5.97 Å². The molecule has 0 spiro atoms. The Morgan fingerprint density at radius 3 is 2.89 bits per heavy atom. The molecule has 27 heavy (non-hydrogen) atoms. The summed E-state index contributed by atoms with van der Waals surface area (Å²) in [6.45, 7) is 0.229. The standard InChI is InChI=1S/C20H17BrN2O4/c1-25-20(24)15-8-13-12-7-11(21)3-4-14(12)22-19(13)18(23-15)10-2-5-16-17(6-10)27-9-26-16/h2-7,15,18,22-23H,8-9H2,1H3. The van der Waals surface area contributed by atoms with Crippen LogP contribution < -0.4 is 14.8 Å². The molecular weight excluding hydrogens is 412 g/mol. The number of aromatic nitrogens is 1. The minimum absolute atomic E-state index is 0.182. The maximum atomic E-state index is 12.3. The summed E-state index contributed by atoms with van der Waals surface area (Å²) in [7, 11) is 1.42. The molecule has 0 bridgehead atoms. The molecule has 2 unspecified atom stereocenters. The Balaban J connectivity index is 1.66. The highest BCUT2D eigenvalue weighted by atomic mass is 79.9. The lowest BCUT2D eigenvalue weighted by Crippen LogP contribution is -2.45. The molecule has 7 heteroatoms. The number of carbonyl (C=O) groups excluding carboxylic acids is 1. The Hall–Kier alpha value is -2.51. The van der Waals surface area contributed by atoms with Crippen LogP contribution >= 0.6 is 15.9 Å². The highest BCUT2D eigenvalue weighted by Crippen LogP contribution is 2.40. The molecule has 2 aromatic carbocycles. The Labute approximate surface area is 163 Å². The van der Waals surface area contributed by atoms with Crippen molar-refractivity contribution in [3.8, 4) is 11.5 Å². The molecule has 0 fully saturated rings. The molecule has 0 saturated heterocycles. The quantitative estimate of drug-likeness (QED) is 0.611. The number of carbonyl (C=O) groups is 1. The Bertz CT molecular complexity index is 1060. The number of benzene rings is 2. The number of hydrogen-bond donors (Lipinski definition) is 2. The van der Waals surface area contributed by atoms with Gasteiger partial charge in [0.15, 0.2) is 11.5 Å². The molecule has 2 N–H and O–H groups in total. The number of rotatable bonds is 2. The molecule has 6 nitrogen and oxygen atoms in total. The number of hydrogen-bond acceptors (Lipinski definition) is 5. The zero-order chi connectivity index (χ0) is 18.5. The Morgan fingerprint density at radius 2 is 2.04 bits per heavy atom. The molecule has 3 heterocycles. The van der Waals surface area contributed by atoms with E-state index in [0.29, 0.717) is 6.42 Å². The van der Waals surface area contributed by atoms with E-state index in [1.54, 1.807) is 0 Å². The second-order valence-electron chi connectivity index (χ2n) is 6.70. The summed E-state index contributed by atoms with van der Waals surface area (Å²) in [6.07, 6.45) is 0.569. The van der Waals surface area contributed by atoms with Crippen LogP contribution in [0.2, 0.25) is 0 Å². The first-order valence-corrected chi connectivity index (χ1v) is 9.47. The van der Waals surface area contributed by atoms with Gasteiger partial charge in [0.25, 0.3) is 0 Å². The molecule has 0 amide bonds. The van der Waals surface area contributed by atoms with Crippen LogP contribution in [0, 0.1) is 0 Å². The van der Waals surface area contributed by atoms with Crippen molar-refractivity contribution in [1.29, 1.82) is 0 Å². The van der Waals surface area contributed by atoms with E-state index in [0.717, 1.165) is 43.7 Å². The van der Waals surface area contributed by atoms with Gasteiger partial charge in [0.2, 0.25) is 6.79 Å². The smallest absolute Gasteiger partial charge is 0.323 e. The van der Waals surface area contributed by atoms with Gasteiger partial charge in [-0.25, -0.2) is 0 Å². The SMILES string of the molecule is COC(=O)C1Cc2c([nH]c3ccc(Br)cc23)C(c2ccc3c(c2)OCO3)N1. The topological polar surface area (TPSA) is 72.6 Å². The van der Waals surface area contributed by atoms with Crippen LogP contribution in [-0.2, 0) is 16.0 Å². The van der Waals surface area contributed by atoms with Gasteiger partial charge in [-0.3, -0.25) is 10.1 Å². The molecule has 138 valence electrons. The number of aromatic amines is 1. The van der Waals surface area contributed by atoms with Crippen molar-refractivity contribution in [3.63, 3.8) is 0 Å². The van der Waals surface area contributed by atoms with Gasteiger partial charge in [-0.1, -0.05) is 22.0 Å². The van der Waals surface area contributed by atoms with Crippen LogP contribution in [0.4, 0.5) is 0 Å². The second-order valence-corrected chi connectivity index (χ2v) is 7.62. The summed E-state index contributed by atoms with van der Waals surface area (Å²) in [5, 5.41) is 4.54. The van der Waals surface area contributed by atoms with Gasteiger partial charge in [-0.05, 0) is 41.5 Å². The normalized spacial score (nSPS) is 20.5. The van der Waals surface area contributed by atoms with Gasteiger partial charge in [0.1, 0.15) is 6.04 Å². The lowest BCUT2D eigenvalue weighted by atomic mass is 9.90. The monoisotopic (exact) mass is 428 g/mol. The summed E-state index contributed by atoms with van der Waals surface area (Å²) >= 11 is 3.54. The summed E-state index contributed by atoms with van der Waals surface area (Å²) in [5.74, 6) is 1.19. The third-order valence-electron chi connectivity index (χ3n) is 5.18. The van der Waals surface area contributed by atoms with Gasteiger partial charge in [-0.15, -0.1) is 0 Å². The minimum atomic E-state index is -0.420. The number of H-pyrrole nitrogens is 1. The van der Waals surface area contributed by atoms with Gasteiger partial charge < -0.3 is 19.2 Å². The molecule has 2 aliphatic rings. The fourth-order valence-electron chi connectivity index (χ4n) is 3.90. The molecular formula is C20H17BrN2O4. The van der Waals surface area contributed by atoms with E-state index in [2.05, 4.69) is 32.3 Å². The summed E-state index contributed by atoms with van der Waals surface area (Å²) in [4.78, 5) is 15.8. The molecule has 2 atom stereocenters. The van der Waals surface area contributed by atoms with Crippen molar-refractivity contribution >= 4 is 32.8 Å². The lowest BCUT2D eigenvalue weighted by molar-refractivity contribution is -0.143. The minimum Gasteiger partial charge on any atom is -0.468 e. The number of ether oxygens (including phenoxy) is 3. The fraction of sp³-hybridized carbons (Fsp3) is 0.250. The summed E-state index contributed by atoms with van der Waals surface area (Å²) in [5.41, 5.74) is 4.23. The van der Waals surface area contributed by atoms with E-state index in [1.807, 2.05) is 30.3 Å². The third kappa shape index (κ3) is 2.69. The average molecular weight is 429 g/mol. The van der Waals surface area contributed by atoms with Gasteiger partial charge in [-0.2, -0.15) is 0 Å². The molecule has 2 aliphatic heterocycles. The van der Waals surface area contributed by atoms with Crippen LogP contribution in [0.3, 0.4) is 0 Å². The van der Waals surface area contributed by atoms with Crippen LogP contribution in [0.15, 0.2) is 40.9 Å².